The fourth-order valence-corrected chi connectivity index (χ4v) is 7.02. The number of pyridine rings is 1. The molecule has 0 atom stereocenters. The quantitative estimate of drug-likeness (QED) is 0.495. The van der Waals surface area contributed by atoms with E-state index in [9.17, 15) is 16.8 Å². The Morgan fingerprint density at radius 1 is 0.941 bits per heavy atom. The molecule has 0 spiro atoms. The molecule has 0 unspecified atom stereocenters. The van der Waals surface area contributed by atoms with Gasteiger partial charge in [0.2, 0.25) is 15.2 Å². The molecular weight excluding hydrogens is 494 g/mol. The van der Waals surface area contributed by atoms with Gasteiger partial charge in [-0.15, -0.1) is 10.2 Å². The molecular formula is C22H28N5O4S3+. The van der Waals surface area contributed by atoms with Gasteiger partial charge in [0.1, 0.15) is 0 Å². The molecule has 0 aliphatic heterocycles. The third-order valence-electron chi connectivity index (χ3n) is 6.05. The minimum atomic E-state index is -4.05. The van der Waals surface area contributed by atoms with Gasteiger partial charge >= 0.3 is 0 Å². The van der Waals surface area contributed by atoms with Gasteiger partial charge in [-0.1, -0.05) is 30.6 Å². The van der Waals surface area contributed by atoms with Crippen LogP contribution in [0.5, 0.6) is 0 Å². The SMILES string of the molecule is Cc1cc2c(c(C)[n+]1-c1ccc(S(=O)(=O)Nc3nnc(S(N)(=O)=O)s3)cc1)CCCCCCC2. The standard InChI is InChI=1S/C22H28N5O4S3/c1-15-14-17-8-6-4-3-5-7-9-20(17)16(2)27(15)18-10-12-19(13-11-18)34(30,31)26-21-24-25-22(32-21)33(23,28)29/h10-14H,3-9H2,1-2H3,(H,24,26)(H2,23,28,29)/q+1. The van der Waals surface area contributed by atoms with Crippen molar-refractivity contribution in [2.24, 2.45) is 5.14 Å². The summed E-state index contributed by atoms with van der Waals surface area (Å²) in [6, 6.07) is 8.84. The summed E-state index contributed by atoms with van der Waals surface area (Å²) in [5, 5.41) is 11.8. The molecule has 3 aromatic rings. The number of hydrogen-bond donors (Lipinski definition) is 2. The monoisotopic (exact) mass is 522 g/mol. The lowest BCUT2D eigenvalue weighted by molar-refractivity contribution is -0.610. The van der Waals surface area contributed by atoms with E-state index in [1.54, 1.807) is 12.1 Å². The Kier molecular flexibility index (Phi) is 7.04. The molecule has 12 heteroatoms. The first kappa shape index (κ1) is 24.7. The smallest absolute Gasteiger partial charge is 0.253 e. The maximum absolute atomic E-state index is 12.8. The van der Waals surface area contributed by atoms with Crippen LogP contribution in [0, 0.1) is 13.8 Å². The van der Waals surface area contributed by atoms with E-state index in [0.717, 1.165) is 24.2 Å². The molecule has 1 aliphatic carbocycles. The summed E-state index contributed by atoms with van der Waals surface area (Å²) in [5.74, 6) is 0. The maximum Gasteiger partial charge on any atom is 0.267 e. The van der Waals surface area contributed by atoms with Crippen LogP contribution < -0.4 is 14.4 Å². The molecule has 0 amide bonds. The molecule has 9 nitrogen and oxygen atoms in total. The average Bonchev–Trinajstić information content (AvgIpc) is 3.26. The summed E-state index contributed by atoms with van der Waals surface area (Å²) >= 11 is 0.553. The van der Waals surface area contributed by atoms with Gasteiger partial charge in [0.15, 0.2) is 11.4 Å². The number of hydrogen-bond acceptors (Lipinski definition) is 7. The largest absolute Gasteiger partial charge is 0.267 e. The Balaban J connectivity index is 1.63. The number of sulfonamides is 2. The molecule has 2 aromatic heterocycles. The van der Waals surface area contributed by atoms with Gasteiger partial charge in [-0.05, 0) is 43.4 Å². The van der Waals surface area contributed by atoms with Crippen LogP contribution in [0.25, 0.3) is 5.69 Å². The third kappa shape index (κ3) is 5.29. The summed E-state index contributed by atoms with van der Waals surface area (Å²) in [7, 11) is -8.03. The van der Waals surface area contributed by atoms with E-state index in [1.807, 2.05) is 0 Å². The number of nitrogens with one attached hydrogen (secondary N) is 1. The fourth-order valence-electron chi connectivity index (χ4n) is 4.46. The van der Waals surface area contributed by atoms with E-state index < -0.39 is 24.4 Å². The van der Waals surface area contributed by atoms with E-state index in [0.29, 0.717) is 11.3 Å². The Bertz CT molecular complexity index is 1420. The molecule has 1 aromatic carbocycles. The summed E-state index contributed by atoms with van der Waals surface area (Å²) in [5.41, 5.74) is 5.99. The fraction of sp³-hybridized carbons (Fsp3) is 0.409. The molecule has 2 heterocycles. The highest BCUT2D eigenvalue weighted by atomic mass is 32.2. The molecule has 182 valence electrons. The van der Waals surface area contributed by atoms with Crippen molar-refractivity contribution in [3.8, 4) is 5.69 Å². The zero-order chi connectivity index (χ0) is 24.5. The number of rotatable bonds is 5. The average molecular weight is 523 g/mol. The highest BCUT2D eigenvalue weighted by molar-refractivity contribution is 7.93. The van der Waals surface area contributed by atoms with Crippen molar-refractivity contribution in [1.82, 2.24) is 10.2 Å². The first-order valence-corrected chi connectivity index (χ1v) is 14.9. The van der Waals surface area contributed by atoms with E-state index >= 15 is 0 Å². The second-order valence-electron chi connectivity index (χ2n) is 8.50. The van der Waals surface area contributed by atoms with Gasteiger partial charge in [0.25, 0.3) is 20.0 Å². The van der Waals surface area contributed by atoms with Gasteiger partial charge in [-0.3, -0.25) is 4.72 Å². The molecule has 0 saturated carbocycles. The molecule has 0 radical (unpaired) electrons. The Labute approximate surface area is 204 Å². The first-order chi connectivity index (χ1) is 16.1. The number of aryl methyl sites for hydroxylation is 2. The van der Waals surface area contributed by atoms with E-state index in [1.165, 1.54) is 61.1 Å². The Hall–Kier alpha value is -2.41. The number of benzene rings is 1. The molecule has 34 heavy (non-hydrogen) atoms. The van der Waals surface area contributed by atoms with Crippen molar-refractivity contribution in [1.29, 1.82) is 0 Å². The predicted molar refractivity (Wildman–Crippen MR) is 130 cm³/mol. The number of primary sulfonamides is 1. The van der Waals surface area contributed by atoms with Gasteiger partial charge in [-0.2, -0.15) is 4.57 Å². The van der Waals surface area contributed by atoms with Crippen LogP contribution in [0.1, 0.15) is 54.6 Å². The van der Waals surface area contributed by atoms with Crippen LogP contribution in [0.4, 0.5) is 5.13 Å². The van der Waals surface area contributed by atoms with Gasteiger partial charge < -0.3 is 0 Å². The molecule has 4 rings (SSSR count). The minimum Gasteiger partial charge on any atom is -0.253 e. The van der Waals surface area contributed by atoms with E-state index in [4.69, 9.17) is 5.14 Å². The van der Waals surface area contributed by atoms with Crippen LogP contribution in [0.2, 0.25) is 0 Å². The number of nitrogens with zero attached hydrogens (tertiary/aromatic N) is 3. The summed E-state index contributed by atoms with van der Waals surface area (Å²) in [6.45, 7) is 4.21. The molecule has 0 bridgehead atoms. The van der Waals surface area contributed by atoms with Crippen LogP contribution in [-0.2, 0) is 32.9 Å². The lowest BCUT2D eigenvalue weighted by Crippen LogP contribution is -2.39. The second kappa shape index (κ2) is 9.68. The summed E-state index contributed by atoms with van der Waals surface area (Å²) in [4.78, 5) is 0.0299. The number of nitrogens with two attached hydrogens (primary N) is 1. The van der Waals surface area contributed by atoms with Crippen LogP contribution in [0.3, 0.4) is 0 Å². The maximum atomic E-state index is 12.8. The normalized spacial score (nSPS) is 15.1. The van der Waals surface area contributed by atoms with Crippen LogP contribution >= 0.6 is 11.3 Å². The van der Waals surface area contributed by atoms with Crippen LogP contribution in [0.15, 0.2) is 39.6 Å². The van der Waals surface area contributed by atoms with E-state index in [-0.39, 0.29) is 10.0 Å². The Morgan fingerprint density at radius 3 is 2.24 bits per heavy atom. The second-order valence-corrected chi connectivity index (χ2v) is 12.9. The lowest BCUT2D eigenvalue weighted by Gasteiger charge is -2.13. The van der Waals surface area contributed by atoms with Gasteiger partial charge in [0, 0.05) is 37.6 Å². The number of aromatic nitrogens is 3. The van der Waals surface area contributed by atoms with Crippen molar-refractivity contribution >= 4 is 36.5 Å². The highest BCUT2D eigenvalue weighted by Gasteiger charge is 2.24. The van der Waals surface area contributed by atoms with Crippen LogP contribution in [-0.4, -0.2) is 27.0 Å². The zero-order valence-electron chi connectivity index (χ0n) is 19.1. The topological polar surface area (TPSA) is 136 Å². The number of fused-ring (bicyclic) bond motifs is 1. The highest BCUT2D eigenvalue weighted by Crippen LogP contribution is 2.25. The summed E-state index contributed by atoms with van der Waals surface area (Å²) in [6.07, 6.45) is 8.35. The van der Waals surface area contributed by atoms with Gasteiger partial charge in [0.05, 0.1) is 4.90 Å². The van der Waals surface area contributed by atoms with Gasteiger partial charge in [-0.25, -0.2) is 22.0 Å². The van der Waals surface area contributed by atoms with Crippen molar-refractivity contribution < 1.29 is 21.4 Å². The first-order valence-electron chi connectivity index (χ1n) is 11.1. The number of anilines is 1. The minimum absolute atomic E-state index is 0.0299. The zero-order valence-corrected chi connectivity index (χ0v) is 21.6. The molecule has 0 fully saturated rings. The van der Waals surface area contributed by atoms with E-state index in [2.05, 4.69) is 39.4 Å². The predicted octanol–water partition coefficient (Wildman–Crippen LogP) is 2.93. The van der Waals surface area contributed by atoms with Crippen molar-refractivity contribution in [2.75, 3.05) is 4.72 Å². The van der Waals surface area contributed by atoms with Crippen molar-refractivity contribution in [3.63, 3.8) is 0 Å². The van der Waals surface area contributed by atoms with Crippen molar-refractivity contribution in [3.05, 3.63) is 52.8 Å². The third-order valence-corrected chi connectivity index (χ3v) is 9.68. The summed E-state index contributed by atoms with van der Waals surface area (Å²) < 4.78 is 52.2. The molecule has 3 N–H and O–H groups in total. The molecule has 0 saturated heterocycles. The Morgan fingerprint density at radius 2 is 1.59 bits per heavy atom. The van der Waals surface area contributed by atoms with Crippen molar-refractivity contribution in [2.45, 2.75) is 68.0 Å². The lowest BCUT2D eigenvalue weighted by atomic mass is 9.97. The molecule has 1 aliphatic rings.